The largest absolute Gasteiger partial charge is 0.465 e. The van der Waals surface area contributed by atoms with Crippen LogP contribution < -0.4 is 10.2 Å². The number of anilines is 1. The van der Waals surface area contributed by atoms with Crippen molar-refractivity contribution in [2.45, 2.75) is 6.92 Å². The first-order chi connectivity index (χ1) is 9.66. The number of hydrogen-bond donors (Lipinski definition) is 1. The minimum atomic E-state index is -0.180. The topological polar surface area (TPSA) is 45.5 Å². The predicted octanol–water partition coefficient (Wildman–Crippen LogP) is 2.85. The van der Waals surface area contributed by atoms with Gasteiger partial charge < -0.3 is 9.73 Å². The van der Waals surface area contributed by atoms with Crippen LogP contribution in [-0.2, 0) is 4.79 Å². The molecule has 0 saturated carbocycles. The van der Waals surface area contributed by atoms with Crippen molar-refractivity contribution in [3.8, 4) is 0 Å². The standard InChI is InChI=1S/C15H12N2O2S/c1-10-5-2-3-7-13(10)17-14(18)12(16-15(17)20)9-11-6-4-8-19-11/h2-9H,1H3,(H,16,20)/b12-9+. The molecule has 0 radical (unpaired) electrons. The Hall–Kier alpha value is -2.40. The van der Waals surface area contributed by atoms with E-state index >= 15 is 0 Å². The highest BCUT2D eigenvalue weighted by atomic mass is 32.1. The molecule has 0 spiro atoms. The van der Waals surface area contributed by atoms with Crippen LogP contribution in [0.5, 0.6) is 0 Å². The van der Waals surface area contributed by atoms with E-state index in [1.165, 1.54) is 4.90 Å². The molecule has 1 amide bonds. The molecule has 2 aromatic rings. The second-order valence-corrected chi connectivity index (χ2v) is 4.82. The minimum absolute atomic E-state index is 0.180. The van der Waals surface area contributed by atoms with Crippen LogP contribution in [0.15, 0.2) is 52.8 Å². The van der Waals surface area contributed by atoms with Gasteiger partial charge in [0.15, 0.2) is 5.11 Å². The molecule has 100 valence electrons. The Balaban J connectivity index is 1.98. The van der Waals surface area contributed by atoms with Crippen molar-refractivity contribution in [3.05, 3.63) is 59.7 Å². The summed E-state index contributed by atoms with van der Waals surface area (Å²) in [5.41, 5.74) is 2.19. The second kappa shape index (κ2) is 4.94. The zero-order valence-electron chi connectivity index (χ0n) is 10.8. The van der Waals surface area contributed by atoms with Crippen molar-refractivity contribution < 1.29 is 9.21 Å². The monoisotopic (exact) mass is 284 g/mol. The maximum atomic E-state index is 12.5. The number of furan rings is 1. The van der Waals surface area contributed by atoms with Crippen LogP contribution in [0.1, 0.15) is 11.3 Å². The van der Waals surface area contributed by atoms with Gasteiger partial charge in [-0.3, -0.25) is 9.69 Å². The molecular formula is C15H12N2O2S. The van der Waals surface area contributed by atoms with Gasteiger partial charge in [-0.1, -0.05) is 18.2 Å². The lowest BCUT2D eigenvalue weighted by atomic mass is 10.2. The van der Waals surface area contributed by atoms with Gasteiger partial charge in [0.1, 0.15) is 11.5 Å². The molecule has 0 atom stereocenters. The van der Waals surface area contributed by atoms with Gasteiger partial charge in [0.2, 0.25) is 0 Å². The van der Waals surface area contributed by atoms with E-state index in [2.05, 4.69) is 5.32 Å². The highest BCUT2D eigenvalue weighted by molar-refractivity contribution is 7.80. The average molecular weight is 284 g/mol. The van der Waals surface area contributed by atoms with Crippen LogP contribution in [0.3, 0.4) is 0 Å². The quantitative estimate of drug-likeness (QED) is 0.680. The van der Waals surface area contributed by atoms with Gasteiger partial charge in [-0.2, -0.15) is 0 Å². The second-order valence-electron chi connectivity index (χ2n) is 4.43. The SMILES string of the molecule is Cc1ccccc1N1C(=O)/C(=C\c2ccco2)NC1=S. The molecule has 2 heterocycles. The summed E-state index contributed by atoms with van der Waals surface area (Å²) in [7, 11) is 0. The van der Waals surface area contributed by atoms with E-state index in [1.54, 1.807) is 24.5 Å². The lowest BCUT2D eigenvalue weighted by Gasteiger charge is -2.16. The lowest BCUT2D eigenvalue weighted by Crippen LogP contribution is -2.30. The molecule has 1 aromatic carbocycles. The molecule has 1 N–H and O–H groups in total. The van der Waals surface area contributed by atoms with E-state index in [4.69, 9.17) is 16.6 Å². The number of benzene rings is 1. The van der Waals surface area contributed by atoms with Crippen LogP contribution in [-0.4, -0.2) is 11.0 Å². The van der Waals surface area contributed by atoms with E-state index in [1.807, 2.05) is 31.2 Å². The molecule has 1 aliphatic rings. The Morgan fingerprint density at radius 1 is 1.25 bits per heavy atom. The molecule has 1 aromatic heterocycles. The van der Waals surface area contributed by atoms with Crippen molar-refractivity contribution >= 4 is 35.0 Å². The summed E-state index contributed by atoms with van der Waals surface area (Å²) < 4.78 is 5.21. The summed E-state index contributed by atoms with van der Waals surface area (Å²) in [6.45, 7) is 1.94. The molecule has 1 aliphatic heterocycles. The Kier molecular flexibility index (Phi) is 3.12. The first-order valence-corrected chi connectivity index (χ1v) is 6.54. The van der Waals surface area contributed by atoms with Gasteiger partial charge in [-0.15, -0.1) is 0 Å². The summed E-state index contributed by atoms with van der Waals surface area (Å²) in [6, 6.07) is 11.2. The third kappa shape index (κ3) is 2.12. The summed E-state index contributed by atoms with van der Waals surface area (Å²) in [4.78, 5) is 14.0. The van der Waals surface area contributed by atoms with E-state index < -0.39 is 0 Å². The lowest BCUT2D eigenvalue weighted by molar-refractivity contribution is -0.113. The van der Waals surface area contributed by atoms with Crippen LogP contribution in [0.4, 0.5) is 5.69 Å². The van der Waals surface area contributed by atoms with Crippen LogP contribution in [0.2, 0.25) is 0 Å². The number of carbonyl (C=O) groups is 1. The van der Waals surface area contributed by atoms with Gasteiger partial charge in [0, 0.05) is 6.08 Å². The fourth-order valence-corrected chi connectivity index (χ4v) is 2.38. The molecule has 0 bridgehead atoms. The van der Waals surface area contributed by atoms with Gasteiger partial charge >= 0.3 is 0 Å². The van der Waals surface area contributed by atoms with Gasteiger partial charge in [0.05, 0.1) is 12.0 Å². The summed E-state index contributed by atoms with van der Waals surface area (Å²) in [5.74, 6) is 0.427. The zero-order chi connectivity index (χ0) is 14.1. The molecule has 4 nitrogen and oxygen atoms in total. The number of rotatable bonds is 2. The minimum Gasteiger partial charge on any atom is -0.465 e. The third-order valence-corrected chi connectivity index (χ3v) is 3.35. The van der Waals surface area contributed by atoms with E-state index in [0.29, 0.717) is 16.6 Å². The van der Waals surface area contributed by atoms with Crippen molar-refractivity contribution in [1.82, 2.24) is 5.32 Å². The highest BCUT2D eigenvalue weighted by Gasteiger charge is 2.32. The predicted molar refractivity (Wildman–Crippen MR) is 81.1 cm³/mol. The Morgan fingerprint density at radius 3 is 2.75 bits per heavy atom. The molecule has 0 unspecified atom stereocenters. The number of nitrogens with one attached hydrogen (secondary N) is 1. The van der Waals surface area contributed by atoms with Crippen molar-refractivity contribution in [3.63, 3.8) is 0 Å². The number of nitrogens with zero attached hydrogens (tertiary/aromatic N) is 1. The zero-order valence-corrected chi connectivity index (χ0v) is 11.6. The van der Waals surface area contributed by atoms with E-state index in [0.717, 1.165) is 11.3 Å². The third-order valence-electron chi connectivity index (χ3n) is 3.06. The smallest absolute Gasteiger partial charge is 0.281 e. The molecule has 1 saturated heterocycles. The number of aryl methyl sites for hydroxylation is 1. The summed E-state index contributed by atoms with van der Waals surface area (Å²) in [5, 5.41) is 3.30. The van der Waals surface area contributed by atoms with Crippen molar-refractivity contribution in [2.75, 3.05) is 4.90 Å². The molecule has 3 rings (SSSR count). The normalized spacial score (nSPS) is 16.9. The molecule has 20 heavy (non-hydrogen) atoms. The molecular weight excluding hydrogens is 272 g/mol. The number of thiocarbonyl (C=S) groups is 1. The first kappa shape index (κ1) is 12.6. The number of carbonyl (C=O) groups excluding carboxylic acids is 1. The van der Waals surface area contributed by atoms with Crippen LogP contribution in [0, 0.1) is 6.92 Å². The Morgan fingerprint density at radius 2 is 2.05 bits per heavy atom. The molecule has 1 fully saturated rings. The van der Waals surface area contributed by atoms with Crippen LogP contribution in [0.25, 0.3) is 6.08 Å². The maximum absolute atomic E-state index is 12.5. The van der Waals surface area contributed by atoms with Crippen molar-refractivity contribution in [2.24, 2.45) is 0 Å². The van der Waals surface area contributed by atoms with Crippen LogP contribution >= 0.6 is 12.2 Å². The fraction of sp³-hybridized carbons (Fsp3) is 0.0667. The van der Waals surface area contributed by atoms with Gasteiger partial charge in [0.25, 0.3) is 5.91 Å². The Labute approximate surface area is 121 Å². The van der Waals surface area contributed by atoms with E-state index in [-0.39, 0.29) is 5.91 Å². The number of hydrogen-bond acceptors (Lipinski definition) is 3. The van der Waals surface area contributed by atoms with Gasteiger partial charge in [-0.05, 0) is 42.9 Å². The summed E-state index contributed by atoms with van der Waals surface area (Å²) in [6.07, 6.45) is 3.20. The maximum Gasteiger partial charge on any atom is 0.281 e. The Bertz CT molecular complexity index is 704. The average Bonchev–Trinajstić information content (AvgIpc) is 3.01. The van der Waals surface area contributed by atoms with E-state index in [9.17, 15) is 4.79 Å². The molecule has 5 heteroatoms. The number of amides is 1. The summed E-state index contributed by atoms with van der Waals surface area (Å²) >= 11 is 5.25. The highest BCUT2D eigenvalue weighted by Crippen LogP contribution is 2.25. The van der Waals surface area contributed by atoms with Gasteiger partial charge in [-0.25, -0.2) is 0 Å². The van der Waals surface area contributed by atoms with Crippen molar-refractivity contribution in [1.29, 1.82) is 0 Å². The number of para-hydroxylation sites is 1. The molecule has 0 aliphatic carbocycles. The fourth-order valence-electron chi connectivity index (χ4n) is 2.08. The first-order valence-electron chi connectivity index (χ1n) is 6.13.